The van der Waals surface area contributed by atoms with Crippen LogP contribution < -0.4 is 0 Å². The van der Waals surface area contributed by atoms with Crippen LogP contribution in [0.2, 0.25) is 0 Å². The maximum atomic E-state index is 11.7. The average molecular weight is 493 g/mol. The Kier molecular flexibility index (Phi) is 9.60. The quantitative estimate of drug-likeness (QED) is 0.190. The van der Waals surface area contributed by atoms with E-state index in [1.165, 1.54) is 0 Å². The van der Waals surface area contributed by atoms with E-state index in [-0.39, 0.29) is 0 Å². The van der Waals surface area contributed by atoms with Gasteiger partial charge in [0.1, 0.15) is 12.7 Å². The highest BCUT2D eigenvalue weighted by Crippen LogP contribution is 2.33. The van der Waals surface area contributed by atoms with Crippen LogP contribution in [0.1, 0.15) is 27.7 Å². The van der Waals surface area contributed by atoms with E-state index in [9.17, 15) is 19.2 Å². The van der Waals surface area contributed by atoms with Crippen LogP contribution in [0.25, 0.3) is 0 Å². The molecule has 1 rings (SSSR count). The molecular weight excluding hydrogens is 473 g/mol. The van der Waals surface area contributed by atoms with Crippen molar-refractivity contribution in [2.45, 2.75) is 62.2 Å². The molecule has 1 saturated heterocycles. The van der Waals surface area contributed by atoms with Crippen LogP contribution in [0.3, 0.4) is 0 Å². The van der Waals surface area contributed by atoms with Gasteiger partial charge in [0.2, 0.25) is 18.3 Å². The summed E-state index contributed by atoms with van der Waals surface area (Å²) in [7, 11) is 0. The number of alkyl halides is 3. The van der Waals surface area contributed by atoms with Crippen molar-refractivity contribution in [3.8, 4) is 0 Å². The molecule has 0 aromatic rings. The molecule has 1 aliphatic rings. The van der Waals surface area contributed by atoms with E-state index in [1.807, 2.05) is 0 Å². The summed E-state index contributed by atoms with van der Waals surface area (Å²) >= 11 is 16.8. The van der Waals surface area contributed by atoms with Crippen molar-refractivity contribution >= 4 is 64.6 Å². The highest BCUT2D eigenvalue weighted by atomic mass is 35.6. The molecule has 1 N–H and O–H groups in total. The second-order valence-corrected chi connectivity index (χ2v) is 8.29. The van der Waals surface area contributed by atoms with Gasteiger partial charge < -0.3 is 28.4 Å². The van der Waals surface area contributed by atoms with Crippen molar-refractivity contribution in [3.63, 3.8) is 0 Å². The lowest BCUT2D eigenvalue weighted by molar-refractivity contribution is -0.292. The molecule has 1 fully saturated rings. The Morgan fingerprint density at radius 2 is 1.27 bits per heavy atom. The van der Waals surface area contributed by atoms with Gasteiger partial charge in [-0.25, -0.2) is 0 Å². The normalized spacial score (nSPS) is 26.2. The lowest BCUT2D eigenvalue weighted by Gasteiger charge is -2.44. The van der Waals surface area contributed by atoms with Gasteiger partial charge in [0.25, 0.3) is 3.79 Å². The third-order valence-electron chi connectivity index (χ3n) is 3.44. The molecule has 30 heavy (non-hydrogen) atoms. The maximum absolute atomic E-state index is 11.7. The first-order valence-corrected chi connectivity index (χ1v) is 9.48. The van der Waals surface area contributed by atoms with Crippen molar-refractivity contribution in [1.29, 1.82) is 5.41 Å². The molecule has 0 aliphatic carbocycles. The third-order valence-corrected chi connectivity index (χ3v) is 3.95. The number of rotatable bonds is 6. The van der Waals surface area contributed by atoms with Crippen molar-refractivity contribution in [2.24, 2.45) is 0 Å². The molecule has 14 heteroatoms. The molecular formula is C16H20Cl3NO10. The monoisotopic (exact) mass is 491 g/mol. The van der Waals surface area contributed by atoms with E-state index in [4.69, 9.17) is 68.6 Å². The lowest BCUT2D eigenvalue weighted by atomic mass is 9.98. The third kappa shape index (κ3) is 8.13. The number of ether oxygens (including phenoxy) is 6. The Labute approximate surface area is 186 Å². The van der Waals surface area contributed by atoms with Gasteiger partial charge in [-0.2, -0.15) is 0 Å². The van der Waals surface area contributed by atoms with Gasteiger partial charge in [-0.15, -0.1) is 0 Å². The summed E-state index contributed by atoms with van der Waals surface area (Å²) in [5, 5.41) is 7.74. The zero-order valence-electron chi connectivity index (χ0n) is 16.3. The molecule has 0 spiro atoms. The van der Waals surface area contributed by atoms with Crippen LogP contribution in [0.4, 0.5) is 0 Å². The van der Waals surface area contributed by atoms with Crippen LogP contribution in [-0.2, 0) is 47.6 Å². The Balaban J connectivity index is 3.37. The molecule has 0 bridgehead atoms. The molecule has 1 heterocycles. The first-order chi connectivity index (χ1) is 13.7. The second kappa shape index (κ2) is 11.0. The second-order valence-electron chi connectivity index (χ2n) is 6.01. The predicted molar refractivity (Wildman–Crippen MR) is 101 cm³/mol. The molecule has 5 atom stereocenters. The minimum absolute atomic E-state index is 0.460. The molecule has 1 aliphatic heterocycles. The van der Waals surface area contributed by atoms with E-state index < -0.39 is 70.9 Å². The van der Waals surface area contributed by atoms with Gasteiger partial charge >= 0.3 is 23.9 Å². The zero-order chi connectivity index (χ0) is 23.2. The van der Waals surface area contributed by atoms with Gasteiger partial charge in [-0.3, -0.25) is 24.6 Å². The molecule has 0 aromatic carbocycles. The van der Waals surface area contributed by atoms with Crippen LogP contribution in [0.5, 0.6) is 0 Å². The minimum Gasteiger partial charge on any atom is -0.463 e. The van der Waals surface area contributed by atoms with Crippen LogP contribution in [0, 0.1) is 5.41 Å². The summed E-state index contributed by atoms with van der Waals surface area (Å²) in [5.41, 5.74) is 0. The van der Waals surface area contributed by atoms with Gasteiger partial charge in [0.05, 0.1) is 0 Å². The Morgan fingerprint density at radius 3 is 1.70 bits per heavy atom. The van der Waals surface area contributed by atoms with E-state index in [0.29, 0.717) is 0 Å². The minimum atomic E-state index is -2.29. The van der Waals surface area contributed by atoms with Gasteiger partial charge in [0.15, 0.2) is 12.2 Å². The van der Waals surface area contributed by atoms with E-state index in [2.05, 4.69) is 0 Å². The standard InChI is InChI=1S/C16H20Cl3NO10/c1-6(21)25-5-10-11(26-7(2)22)12(27-8(3)23)13(28-9(4)24)14(29-10)30-15(20)16(17,18)19/h10-14,20H,5H2,1-4H3/t10?,11-,12?,13-,14+/m1/s1. The van der Waals surface area contributed by atoms with Crippen molar-refractivity contribution in [3.05, 3.63) is 0 Å². The summed E-state index contributed by atoms with van der Waals surface area (Å²) in [6.45, 7) is 3.86. The molecule has 170 valence electrons. The van der Waals surface area contributed by atoms with Crippen LogP contribution >= 0.6 is 34.8 Å². The fourth-order valence-electron chi connectivity index (χ4n) is 2.47. The predicted octanol–water partition coefficient (Wildman–Crippen LogP) is 1.43. The molecule has 0 aromatic heterocycles. The van der Waals surface area contributed by atoms with Gasteiger partial charge in [-0.05, 0) is 0 Å². The highest BCUT2D eigenvalue weighted by Gasteiger charge is 2.54. The van der Waals surface area contributed by atoms with Crippen molar-refractivity contribution in [1.82, 2.24) is 0 Å². The number of carbonyl (C=O) groups is 4. The van der Waals surface area contributed by atoms with Crippen molar-refractivity contribution in [2.75, 3.05) is 6.61 Å². The largest absolute Gasteiger partial charge is 0.463 e. The number of hydrogen-bond acceptors (Lipinski definition) is 11. The number of esters is 4. The number of halogens is 3. The summed E-state index contributed by atoms with van der Waals surface area (Å²) in [4.78, 5) is 46.1. The van der Waals surface area contributed by atoms with E-state index in [1.54, 1.807) is 0 Å². The maximum Gasteiger partial charge on any atom is 0.303 e. The van der Waals surface area contributed by atoms with Gasteiger partial charge in [0, 0.05) is 27.7 Å². The fraction of sp³-hybridized carbons (Fsp3) is 0.688. The fourth-order valence-corrected chi connectivity index (χ4v) is 2.60. The Morgan fingerprint density at radius 1 is 0.800 bits per heavy atom. The van der Waals surface area contributed by atoms with E-state index in [0.717, 1.165) is 27.7 Å². The van der Waals surface area contributed by atoms with Crippen molar-refractivity contribution < 1.29 is 47.6 Å². The highest BCUT2D eigenvalue weighted by molar-refractivity contribution is 6.76. The number of nitrogens with one attached hydrogen (secondary N) is 1. The van der Waals surface area contributed by atoms with Crippen LogP contribution in [-0.4, -0.2) is 70.9 Å². The molecule has 0 amide bonds. The Bertz CT molecular complexity index is 695. The molecule has 11 nitrogen and oxygen atoms in total. The van der Waals surface area contributed by atoms with Crippen LogP contribution in [0.15, 0.2) is 0 Å². The smallest absolute Gasteiger partial charge is 0.303 e. The number of carbonyl (C=O) groups excluding carboxylic acids is 4. The topological polar surface area (TPSA) is 148 Å². The molecule has 0 radical (unpaired) electrons. The molecule has 0 saturated carbocycles. The first kappa shape index (κ1) is 26.2. The SMILES string of the molecule is CC(=O)OCC1O[C@@H](OC(=N)C(Cl)(Cl)Cl)[C@H](OC(C)=O)C(OC(C)=O)[C@@H]1OC(C)=O. The Hall–Kier alpha value is -1.82. The summed E-state index contributed by atoms with van der Waals surface area (Å²) in [6.07, 6.45) is -7.25. The van der Waals surface area contributed by atoms with Gasteiger partial charge in [-0.1, -0.05) is 34.8 Å². The summed E-state index contributed by atoms with van der Waals surface area (Å²) in [6, 6.07) is 0. The lowest BCUT2D eigenvalue weighted by Crippen LogP contribution is -2.63. The first-order valence-electron chi connectivity index (χ1n) is 8.35. The summed E-state index contributed by atoms with van der Waals surface area (Å²) in [5.74, 6) is -4.03. The number of hydrogen-bond donors (Lipinski definition) is 1. The average Bonchev–Trinajstić information content (AvgIpc) is 2.56. The zero-order valence-corrected chi connectivity index (χ0v) is 18.6. The summed E-state index contributed by atoms with van der Waals surface area (Å²) < 4.78 is 28.9. The molecule has 2 unspecified atom stereocenters. The van der Waals surface area contributed by atoms with E-state index >= 15 is 0 Å².